The van der Waals surface area contributed by atoms with Crippen LogP contribution in [0.15, 0.2) is 23.3 Å². The van der Waals surface area contributed by atoms with E-state index in [1.54, 1.807) is 6.92 Å². The molecule has 0 aliphatic carbocycles. The summed E-state index contributed by atoms with van der Waals surface area (Å²) in [6, 6.07) is 0. The first-order valence-corrected chi connectivity index (χ1v) is 6.01. The van der Waals surface area contributed by atoms with Gasteiger partial charge in [0.15, 0.2) is 0 Å². The number of hydrogen-bond acceptors (Lipinski definition) is 0. The third-order valence-electron chi connectivity index (χ3n) is 3.33. The van der Waals surface area contributed by atoms with E-state index in [9.17, 15) is 8.78 Å². The summed E-state index contributed by atoms with van der Waals surface area (Å²) in [7, 11) is 0. The molecule has 0 aliphatic heterocycles. The van der Waals surface area contributed by atoms with Gasteiger partial charge in [0.05, 0.1) is 0 Å². The maximum absolute atomic E-state index is 13.2. The average Bonchev–Trinajstić information content (AvgIpc) is 2.32. The lowest BCUT2D eigenvalue weighted by Crippen LogP contribution is -2.21. The van der Waals surface area contributed by atoms with Crippen LogP contribution in [0.1, 0.15) is 41.0 Å². The second-order valence-electron chi connectivity index (χ2n) is 4.41. The highest BCUT2D eigenvalue weighted by Crippen LogP contribution is 2.24. The summed E-state index contributed by atoms with van der Waals surface area (Å²) in [6.45, 7) is 8.96. The van der Waals surface area contributed by atoms with Crippen molar-refractivity contribution >= 4 is 0 Å². The van der Waals surface area contributed by atoms with E-state index in [0.29, 0.717) is 0 Å². The molecular formula is C14H24F2. The summed E-state index contributed by atoms with van der Waals surface area (Å²) in [4.78, 5) is 0. The minimum atomic E-state index is -1.35. The van der Waals surface area contributed by atoms with E-state index in [1.165, 1.54) is 11.1 Å². The van der Waals surface area contributed by atoms with Gasteiger partial charge in [0.25, 0.3) is 0 Å². The highest BCUT2D eigenvalue weighted by Gasteiger charge is 2.21. The highest BCUT2D eigenvalue weighted by molar-refractivity contribution is 5.28. The molecule has 16 heavy (non-hydrogen) atoms. The number of alkyl halides is 2. The van der Waals surface area contributed by atoms with Gasteiger partial charge < -0.3 is 0 Å². The number of rotatable bonds is 6. The normalized spacial score (nSPS) is 19.4. The zero-order chi connectivity index (χ0) is 12.7. The molecule has 0 aromatic heterocycles. The first kappa shape index (κ1) is 15.3. The van der Waals surface area contributed by atoms with Crippen LogP contribution in [0.4, 0.5) is 8.78 Å². The standard InChI is InChI=1S/C14H24F2/c1-6-10(3)13(7-2)8-11(4)12(5)14(16)9-15/h6,8,11-12,14H,7,9H2,1-5H3/b10-6-,13-8-/t11?,12-,14?/m1/s1. The van der Waals surface area contributed by atoms with Crippen molar-refractivity contribution in [1.29, 1.82) is 0 Å². The van der Waals surface area contributed by atoms with Crippen molar-refractivity contribution in [3.05, 3.63) is 23.3 Å². The fourth-order valence-corrected chi connectivity index (χ4v) is 1.65. The third-order valence-corrected chi connectivity index (χ3v) is 3.33. The van der Waals surface area contributed by atoms with Gasteiger partial charge in [-0.2, -0.15) is 0 Å². The summed E-state index contributed by atoms with van der Waals surface area (Å²) in [5.74, 6) is -0.202. The fourth-order valence-electron chi connectivity index (χ4n) is 1.65. The van der Waals surface area contributed by atoms with E-state index < -0.39 is 12.8 Å². The van der Waals surface area contributed by atoms with Crippen LogP contribution in [-0.2, 0) is 0 Å². The lowest BCUT2D eigenvalue weighted by molar-refractivity contribution is 0.167. The molecule has 0 bridgehead atoms. The van der Waals surface area contributed by atoms with Gasteiger partial charge in [0.2, 0.25) is 0 Å². The Morgan fingerprint density at radius 3 is 2.25 bits per heavy atom. The average molecular weight is 230 g/mol. The first-order valence-electron chi connectivity index (χ1n) is 6.01. The largest absolute Gasteiger partial charge is 0.248 e. The van der Waals surface area contributed by atoms with Gasteiger partial charge in [-0.25, -0.2) is 8.78 Å². The van der Waals surface area contributed by atoms with Crippen LogP contribution < -0.4 is 0 Å². The van der Waals surface area contributed by atoms with Crippen molar-refractivity contribution in [2.45, 2.75) is 47.2 Å². The maximum atomic E-state index is 13.2. The quantitative estimate of drug-likeness (QED) is 0.571. The summed E-state index contributed by atoms with van der Waals surface area (Å²) in [6.07, 6.45) is 3.70. The van der Waals surface area contributed by atoms with Crippen molar-refractivity contribution in [3.8, 4) is 0 Å². The minimum absolute atomic E-state index is 0.0654. The SMILES string of the molecule is C/C=C(C)\C(=C/C(C)[C@@H](C)C(F)CF)CC. The molecule has 0 nitrogen and oxygen atoms in total. The Morgan fingerprint density at radius 2 is 1.88 bits per heavy atom. The Balaban J connectivity index is 4.72. The molecule has 0 radical (unpaired) electrons. The van der Waals surface area contributed by atoms with E-state index in [1.807, 2.05) is 13.8 Å². The number of hydrogen-bond donors (Lipinski definition) is 0. The second kappa shape index (κ2) is 7.59. The molecule has 0 heterocycles. The van der Waals surface area contributed by atoms with Crippen molar-refractivity contribution in [2.75, 3.05) is 6.67 Å². The second-order valence-corrected chi connectivity index (χ2v) is 4.41. The van der Waals surface area contributed by atoms with E-state index in [2.05, 4.69) is 26.0 Å². The summed E-state index contributed by atoms with van der Waals surface area (Å²) in [5, 5.41) is 0. The summed E-state index contributed by atoms with van der Waals surface area (Å²) >= 11 is 0. The van der Waals surface area contributed by atoms with Crippen molar-refractivity contribution in [1.82, 2.24) is 0 Å². The summed E-state index contributed by atoms with van der Waals surface area (Å²) < 4.78 is 25.4. The van der Waals surface area contributed by atoms with E-state index >= 15 is 0 Å². The van der Waals surface area contributed by atoms with Gasteiger partial charge in [-0.15, -0.1) is 0 Å². The van der Waals surface area contributed by atoms with Gasteiger partial charge >= 0.3 is 0 Å². The van der Waals surface area contributed by atoms with Crippen LogP contribution in [0.2, 0.25) is 0 Å². The van der Waals surface area contributed by atoms with Gasteiger partial charge in [0, 0.05) is 0 Å². The van der Waals surface area contributed by atoms with Crippen LogP contribution >= 0.6 is 0 Å². The minimum Gasteiger partial charge on any atom is -0.248 e. The molecule has 0 spiro atoms. The molecule has 2 heteroatoms. The van der Waals surface area contributed by atoms with E-state index in [-0.39, 0.29) is 11.8 Å². The molecule has 2 unspecified atom stereocenters. The summed E-state index contributed by atoms with van der Waals surface area (Å²) in [5.41, 5.74) is 2.45. The van der Waals surface area contributed by atoms with Crippen LogP contribution in [0.25, 0.3) is 0 Å². The maximum Gasteiger partial charge on any atom is 0.131 e. The molecule has 3 atom stereocenters. The molecule has 0 fully saturated rings. The Kier molecular flexibility index (Phi) is 7.27. The molecule has 0 aliphatic rings. The third kappa shape index (κ3) is 4.46. The molecule has 0 aromatic carbocycles. The topological polar surface area (TPSA) is 0 Å². The molecule has 0 saturated carbocycles. The zero-order valence-corrected chi connectivity index (χ0v) is 11.1. The molecule has 0 saturated heterocycles. The van der Waals surface area contributed by atoms with E-state index in [0.717, 1.165) is 6.42 Å². The Morgan fingerprint density at radius 1 is 1.31 bits per heavy atom. The van der Waals surface area contributed by atoms with E-state index in [4.69, 9.17) is 0 Å². The van der Waals surface area contributed by atoms with Crippen LogP contribution in [0.5, 0.6) is 0 Å². The molecule has 0 N–H and O–H groups in total. The number of halogens is 2. The van der Waals surface area contributed by atoms with Gasteiger partial charge in [-0.1, -0.05) is 38.5 Å². The molecule has 0 amide bonds. The molecule has 94 valence electrons. The Hall–Kier alpha value is -0.660. The van der Waals surface area contributed by atoms with Crippen LogP contribution in [-0.4, -0.2) is 12.8 Å². The van der Waals surface area contributed by atoms with Crippen molar-refractivity contribution in [2.24, 2.45) is 11.8 Å². The number of allylic oxidation sites excluding steroid dienone is 4. The fraction of sp³-hybridized carbons (Fsp3) is 0.714. The Bertz CT molecular complexity index is 253. The van der Waals surface area contributed by atoms with Gasteiger partial charge in [-0.3, -0.25) is 0 Å². The van der Waals surface area contributed by atoms with Gasteiger partial charge in [0.1, 0.15) is 12.8 Å². The molecule has 0 rings (SSSR count). The van der Waals surface area contributed by atoms with Crippen LogP contribution in [0.3, 0.4) is 0 Å². The first-order chi connectivity index (χ1) is 7.47. The highest BCUT2D eigenvalue weighted by atomic mass is 19.2. The lowest BCUT2D eigenvalue weighted by Gasteiger charge is -2.20. The predicted molar refractivity (Wildman–Crippen MR) is 67.0 cm³/mol. The molecule has 0 aromatic rings. The van der Waals surface area contributed by atoms with Crippen LogP contribution in [0, 0.1) is 11.8 Å². The Labute approximate surface area is 98.4 Å². The van der Waals surface area contributed by atoms with Crippen molar-refractivity contribution < 1.29 is 8.78 Å². The lowest BCUT2D eigenvalue weighted by atomic mass is 9.88. The monoisotopic (exact) mass is 230 g/mol. The predicted octanol–water partition coefficient (Wildman–Crippen LogP) is 4.87. The molecular weight excluding hydrogens is 206 g/mol. The smallest absolute Gasteiger partial charge is 0.131 e. The zero-order valence-electron chi connectivity index (χ0n) is 11.1. The van der Waals surface area contributed by atoms with Crippen molar-refractivity contribution in [3.63, 3.8) is 0 Å². The van der Waals surface area contributed by atoms with Gasteiger partial charge in [-0.05, 0) is 37.7 Å².